The molecule has 0 unspecified atom stereocenters. The van der Waals surface area contributed by atoms with Gasteiger partial charge in [-0.3, -0.25) is 9.59 Å². The highest BCUT2D eigenvalue weighted by Crippen LogP contribution is 2.17. The van der Waals surface area contributed by atoms with Gasteiger partial charge in [0.1, 0.15) is 24.7 Å². The molecule has 0 fully saturated rings. The van der Waals surface area contributed by atoms with Crippen LogP contribution < -0.4 is 10.1 Å². The number of carbonyl (C=O) groups is 2. The molecule has 2 rings (SSSR count). The van der Waals surface area contributed by atoms with Crippen molar-refractivity contribution in [1.29, 1.82) is 0 Å². The summed E-state index contributed by atoms with van der Waals surface area (Å²) >= 11 is 3.15. The molecule has 0 heterocycles. The summed E-state index contributed by atoms with van der Waals surface area (Å²) in [7, 11) is 1.45. The van der Waals surface area contributed by atoms with Crippen molar-refractivity contribution < 1.29 is 23.5 Å². The molecule has 24 heavy (non-hydrogen) atoms. The predicted molar refractivity (Wildman–Crippen MR) is 89.2 cm³/mol. The third-order valence-corrected chi connectivity index (χ3v) is 3.64. The summed E-state index contributed by atoms with van der Waals surface area (Å²) in [6, 6.07) is 11.1. The van der Waals surface area contributed by atoms with Crippen LogP contribution in [0.3, 0.4) is 0 Å². The number of carbonyl (C=O) groups excluding carboxylic acids is 2. The van der Waals surface area contributed by atoms with Crippen LogP contribution in [0.1, 0.15) is 15.9 Å². The summed E-state index contributed by atoms with van der Waals surface area (Å²) in [5.41, 5.74) is 0.564. The highest BCUT2D eigenvalue weighted by atomic mass is 79.9. The van der Waals surface area contributed by atoms with Gasteiger partial charge in [-0.15, -0.1) is 0 Å². The molecule has 0 spiro atoms. The molecule has 0 bridgehead atoms. The van der Waals surface area contributed by atoms with E-state index in [1.165, 1.54) is 19.2 Å². The average molecular weight is 396 g/mol. The fraction of sp³-hybridized carbons (Fsp3) is 0.176. The molecule has 1 amide bonds. The SMILES string of the molecule is COc1ccccc1C(=O)NCC(=O)OCc1ccc(Br)cc1F. The Balaban J connectivity index is 1.85. The van der Waals surface area contributed by atoms with Gasteiger partial charge in [0.25, 0.3) is 5.91 Å². The van der Waals surface area contributed by atoms with Gasteiger partial charge in [-0.25, -0.2) is 4.39 Å². The van der Waals surface area contributed by atoms with Crippen LogP contribution in [-0.4, -0.2) is 25.5 Å². The van der Waals surface area contributed by atoms with Crippen LogP contribution in [0.2, 0.25) is 0 Å². The third-order valence-electron chi connectivity index (χ3n) is 3.15. The van der Waals surface area contributed by atoms with Crippen molar-refractivity contribution in [3.05, 3.63) is 63.9 Å². The first-order chi connectivity index (χ1) is 11.5. The molecule has 5 nitrogen and oxygen atoms in total. The number of methoxy groups -OCH3 is 1. The smallest absolute Gasteiger partial charge is 0.325 e. The Morgan fingerprint density at radius 1 is 1.21 bits per heavy atom. The van der Waals surface area contributed by atoms with Crippen LogP contribution in [0.5, 0.6) is 5.75 Å². The Labute approximate surface area is 146 Å². The minimum Gasteiger partial charge on any atom is -0.496 e. The molecule has 1 N–H and O–H groups in total. The van der Waals surface area contributed by atoms with Crippen LogP contribution in [-0.2, 0) is 16.1 Å². The number of hydrogen-bond donors (Lipinski definition) is 1. The molecular formula is C17H15BrFNO4. The van der Waals surface area contributed by atoms with E-state index in [1.807, 2.05) is 0 Å². The van der Waals surface area contributed by atoms with Crippen LogP contribution in [0.25, 0.3) is 0 Å². The largest absolute Gasteiger partial charge is 0.496 e. The van der Waals surface area contributed by atoms with E-state index in [0.717, 1.165) is 0 Å². The normalized spacial score (nSPS) is 10.1. The molecule has 126 valence electrons. The van der Waals surface area contributed by atoms with Gasteiger partial charge >= 0.3 is 5.97 Å². The van der Waals surface area contributed by atoms with Crippen molar-refractivity contribution in [3.8, 4) is 5.75 Å². The fourth-order valence-corrected chi connectivity index (χ4v) is 2.26. The summed E-state index contributed by atoms with van der Waals surface area (Å²) < 4.78 is 24.2. The van der Waals surface area contributed by atoms with Crippen molar-refractivity contribution >= 4 is 27.8 Å². The van der Waals surface area contributed by atoms with E-state index in [-0.39, 0.29) is 18.7 Å². The van der Waals surface area contributed by atoms with E-state index in [9.17, 15) is 14.0 Å². The Hall–Kier alpha value is -2.41. The standard InChI is InChI=1S/C17H15BrFNO4/c1-23-15-5-3-2-4-13(15)17(22)20-9-16(21)24-10-11-6-7-12(18)8-14(11)19/h2-8H,9-10H2,1H3,(H,20,22). The second-order valence-electron chi connectivity index (χ2n) is 4.78. The van der Waals surface area contributed by atoms with Gasteiger partial charge in [0, 0.05) is 10.0 Å². The van der Waals surface area contributed by atoms with Crippen molar-refractivity contribution in [1.82, 2.24) is 5.32 Å². The molecule has 7 heteroatoms. The maximum absolute atomic E-state index is 13.6. The van der Waals surface area contributed by atoms with E-state index in [1.54, 1.807) is 30.3 Å². The van der Waals surface area contributed by atoms with Crippen LogP contribution in [0, 0.1) is 5.82 Å². The van der Waals surface area contributed by atoms with Crippen molar-refractivity contribution in [2.75, 3.05) is 13.7 Å². The molecule has 0 radical (unpaired) electrons. The second kappa shape index (κ2) is 8.44. The first-order valence-corrected chi connectivity index (χ1v) is 7.81. The molecule has 0 atom stereocenters. The van der Waals surface area contributed by atoms with E-state index >= 15 is 0 Å². The van der Waals surface area contributed by atoms with Gasteiger partial charge in [0.15, 0.2) is 0 Å². The van der Waals surface area contributed by atoms with Crippen molar-refractivity contribution in [2.45, 2.75) is 6.61 Å². The van der Waals surface area contributed by atoms with Gasteiger partial charge in [0.2, 0.25) is 0 Å². The molecule has 2 aromatic rings. The van der Waals surface area contributed by atoms with Crippen molar-refractivity contribution in [3.63, 3.8) is 0 Å². The number of amides is 1. The third kappa shape index (κ3) is 4.79. The second-order valence-corrected chi connectivity index (χ2v) is 5.70. The molecule has 0 saturated carbocycles. The van der Waals surface area contributed by atoms with Gasteiger partial charge in [-0.05, 0) is 24.3 Å². The van der Waals surface area contributed by atoms with E-state index < -0.39 is 17.7 Å². The topological polar surface area (TPSA) is 64.6 Å². The zero-order valence-electron chi connectivity index (χ0n) is 12.8. The van der Waals surface area contributed by atoms with Crippen LogP contribution in [0.4, 0.5) is 4.39 Å². The van der Waals surface area contributed by atoms with E-state index in [0.29, 0.717) is 15.8 Å². The zero-order valence-corrected chi connectivity index (χ0v) is 14.4. The number of para-hydroxylation sites is 1. The lowest BCUT2D eigenvalue weighted by atomic mass is 10.2. The fourth-order valence-electron chi connectivity index (χ4n) is 1.93. The lowest BCUT2D eigenvalue weighted by Gasteiger charge is -2.09. The zero-order chi connectivity index (χ0) is 17.5. The van der Waals surface area contributed by atoms with Gasteiger partial charge in [-0.2, -0.15) is 0 Å². The predicted octanol–water partition coefficient (Wildman–Crippen LogP) is 3.07. The number of ether oxygens (including phenoxy) is 2. The number of esters is 1. The summed E-state index contributed by atoms with van der Waals surface area (Å²) in [6.07, 6.45) is 0. The number of benzene rings is 2. The van der Waals surface area contributed by atoms with E-state index in [2.05, 4.69) is 21.2 Å². The first kappa shape index (κ1) is 17.9. The molecule has 0 saturated heterocycles. The van der Waals surface area contributed by atoms with Gasteiger partial charge in [0.05, 0.1) is 12.7 Å². The maximum atomic E-state index is 13.6. The molecule has 0 aromatic heterocycles. The number of hydrogen-bond acceptors (Lipinski definition) is 4. The lowest BCUT2D eigenvalue weighted by Crippen LogP contribution is -2.30. The molecule has 2 aromatic carbocycles. The quantitative estimate of drug-likeness (QED) is 0.763. The highest BCUT2D eigenvalue weighted by molar-refractivity contribution is 9.10. The number of nitrogens with one attached hydrogen (secondary N) is 1. The monoisotopic (exact) mass is 395 g/mol. The summed E-state index contributed by atoms with van der Waals surface area (Å²) in [6.45, 7) is -0.530. The Bertz CT molecular complexity index is 751. The van der Waals surface area contributed by atoms with Crippen LogP contribution in [0.15, 0.2) is 46.9 Å². The molecule has 0 aliphatic heterocycles. The van der Waals surface area contributed by atoms with Crippen molar-refractivity contribution in [2.24, 2.45) is 0 Å². The minimum absolute atomic E-state index is 0.206. The highest BCUT2D eigenvalue weighted by Gasteiger charge is 2.13. The van der Waals surface area contributed by atoms with E-state index in [4.69, 9.17) is 9.47 Å². The Morgan fingerprint density at radius 3 is 2.67 bits per heavy atom. The maximum Gasteiger partial charge on any atom is 0.325 e. The van der Waals surface area contributed by atoms with Crippen LogP contribution >= 0.6 is 15.9 Å². The number of halogens is 2. The first-order valence-electron chi connectivity index (χ1n) is 7.02. The Morgan fingerprint density at radius 2 is 1.96 bits per heavy atom. The van der Waals surface area contributed by atoms with Gasteiger partial charge in [-0.1, -0.05) is 34.1 Å². The minimum atomic E-state index is -0.666. The summed E-state index contributed by atoms with van der Waals surface area (Å²) in [5.74, 6) is -1.20. The average Bonchev–Trinajstić information content (AvgIpc) is 2.58. The number of rotatable bonds is 6. The summed E-state index contributed by atoms with van der Waals surface area (Å²) in [5, 5.41) is 2.44. The Kier molecular flexibility index (Phi) is 6.31. The molecule has 0 aliphatic carbocycles. The lowest BCUT2D eigenvalue weighted by molar-refractivity contribution is -0.143. The summed E-state index contributed by atoms with van der Waals surface area (Å²) in [4.78, 5) is 23.7. The van der Waals surface area contributed by atoms with Gasteiger partial charge < -0.3 is 14.8 Å². The molecular weight excluding hydrogens is 381 g/mol. The molecule has 0 aliphatic rings.